The van der Waals surface area contributed by atoms with Gasteiger partial charge in [-0.1, -0.05) is 0 Å². The molecule has 0 aromatic heterocycles. The standard InChI is InChI=1S/C7H11NO/c1-7(2,3)8-5-4-6-9/h4,6H,1-3H3. The molecule has 0 saturated heterocycles. The minimum atomic E-state index is -0.125. The van der Waals surface area contributed by atoms with E-state index in [1.807, 2.05) is 20.8 Å². The quantitative estimate of drug-likeness (QED) is 0.294. The van der Waals surface area contributed by atoms with Gasteiger partial charge in [0.05, 0.1) is 5.54 Å². The normalized spacial score (nSPS) is 9.67. The van der Waals surface area contributed by atoms with Crippen LogP contribution in [0.2, 0.25) is 0 Å². The summed E-state index contributed by atoms with van der Waals surface area (Å²) in [5, 5.41) is 0. The highest BCUT2D eigenvalue weighted by molar-refractivity contribution is 5.79. The Morgan fingerprint density at radius 2 is 2.00 bits per heavy atom. The molecule has 0 aromatic carbocycles. The SMILES string of the molecule is CC(C)(C)N=C=CC=O. The fourth-order valence-electron chi connectivity index (χ4n) is 0.261. The number of aldehydes is 1. The van der Waals surface area contributed by atoms with Crippen molar-refractivity contribution >= 4 is 12.2 Å². The Hall–Kier alpha value is -0.880. The maximum Gasteiger partial charge on any atom is 0.152 e. The highest BCUT2D eigenvalue weighted by Crippen LogP contribution is 2.03. The van der Waals surface area contributed by atoms with Crippen molar-refractivity contribution < 1.29 is 4.79 Å². The Morgan fingerprint density at radius 1 is 1.44 bits per heavy atom. The second-order valence-corrected chi connectivity index (χ2v) is 2.71. The largest absolute Gasteiger partial charge is 0.298 e. The van der Waals surface area contributed by atoms with Crippen LogP contribution in [0.4, 0.5) is 0 Å². The second-order valence-electron chi connectivity index (χ2n) is 2.71. The molecule has 9 heavy (non-hydrogen) atoms. The van der Waals surface area contributed by atoms with E-state index in [0.29, 0.717) is 6.29 Å². The second kappa shape index (κ2) is 3.21. The Morgan fingerprint density at radius 3 is 2.33 bits per heavy atom. The van der Waals surface area contributed by atoms with Gasteiger partial charge in [-0.15, -0.1) is 0 Å². The fourth-order valence-corrected chi connectivity index (χ4v) is 0.261. The maximum atomic E-state index is 9.71. The van der Waals surface area contributed by atoms with Crippen LogP contribution in [0, 0.1) is 0 Å². The molecule has 2 nitrogen and oxygen atoms in total. The molecule has 0 spiro atoms. The average molecular weight is 125 g/mol. The lowest BCUT2D eigenvalue weighted by Gasteiger charge is -2.07. The number of aliphatic imine (C=N–C) groups is 1. The van der Waals surface area contributed by atoms with Crippen molar-refractivity contribution in [1.29, 1.82) is 0 Å². The number of carbonyl (C=O) groups excluding carboxylic acids is 1. The van der Waals surface area contributed by atoms with Crippen molar-refractivity contribution in [3.63, 3.8) is 0 Å². The molecule has 2 heteroatoms. The van der Waals surface area contributed by atoms with Crippen LogP contribution in [0.1, 0.15) is 20.8 Å². The molecule has 0 radical (unpaired) electrons. The first-order valence-electron chi connectivity index (χ1n) is 2.80. The Kier molecular flexibility index (Phi) is 2.89. The summed E-state index contributed by atoms with van der Waals surface area (Å²) in [7, 11) is 0. The molecule has 0 saturated carbocycles. The molecule has 0 amide bonds. The van der Waals surface area contributed by atoms with Gasteiger partial charge in [0.25, 0.3) is 0 Å². The minimum absolute atomic E-state index is 0.125. The molecule has 0 unspecified atom stereocenters. The predicted octanol–water partition coefficient (Wildman–Crippen LogP) is 1.21. The zero-order valence-corrected chi connectivity index (χ0v) is 6.01. The summed E-state index contributed by atoms with van der Waals surface area (Å²) in [6, 6.07) is 0. The van der Waals surface area contributed by atoms with E-state index in [1.54, 1.807) is 0 Å². The van der Waals surface area contributed by atoms with Crippen molar-refractivity contribution in [2.24, 2.45) is 4.99 Å². The Bertz CT molecular complexity index is 147. The molecule has 0 aliphatic carbocycles. The van der Waals surface area contributed by atoms with Crippen molar-refractivity contribution in [3.8, 4) is 0 Å². The summed E-state index contributed by atoms with van der Waals surface area (Å²) < 4.78 is 0. The summed E-state index contributed by atoms with van der Waals surface area (Å²) in [6.45, 7) is 5.83. The van der Waals surface area contributed by atoms with Gasteiger partial charge in [0.1, 0.15) is 0 Å². The van der Waals surface area contributed by atoms with E-state index in [0.717, 1.165) is 0 Å². The van der Waals surface area contributed by atoms with E-state index < -0.39 is 0 Å². The molecular formula is C7H11NO. The molecule has 0 N–H and O–H groups in total. The molecule has 0 heterocycles. The van der Waals surface area contributed by atoms with Gasteiger partial charge in [-0.25, -0.2) is 4.99 Å². The number of carbonyl (C=O) groups is 1. The van der Waals surface area contributed by atoms with Crippen LogP contribution >= 0.6 is 0 Å². The molecule has 0 aliphatic rings. The van der Waals surface area contributed by atoms with Crippen molar-refractivity contribution in [2.75, 3.05) is 0 Å². The molecule has 50 valence electrons. The zero-order chi connectivity index (χ0) is 7.33. The Labute approximate surface area is 55.3 Å². The van der Waals surface area contributed by atoms with Crippen LogP contribution in [0.15, 0.2) is 11.1 Å². The first-order valence-corrected chi connectivity index (χ1v) is 2.80. The summed E-state index contributed by atoms with van der Waals surface area (Å²) >= 11 is 0. The van der Waals surface area contributed by atoms with Crippen LogP contribution in [-0.4, -0.2) is 17.7 Å². The molecule has 0 aliphatic heterocycles. The van der Waals surface area contributed by atoms with Gasteiger partial charge in [-0.05, 0) is 26.6 Å². The van der Waals surface area contributed by atoms with Gasteiger partial charge in [-0.2, -0.15) is 0 Å². The smallest absolute Gasteiger partial charge is 0.152 e. The molecule has 0 bridgehead atoms. The lowest BCUT2D eigenvalue weighted by Crippen LogP contribution is -2.08. The first-order chi connectivity index (χ1) is 4.06. The van der Waals surface area contributed by atoms with Gasteiger partial charge >= 0.3 is 0 Å². The van der Waals surface area contributed by atoms with E-state index in [4.69, 9.17) is 0 Å². The molecule has 0 aromatic rings. The highest BCUT2D eigenvalue weighted by atomic mass is 16.1. The van der Waals surface area contributed by atoms with Gasteiger partial charge in [0.2, 0.25) is 0 Å². The zero-order valence-electron chi connectivity index (χ0n) is 6.01. The van der Waals surface area contributed by atoms with Gasteiger partial charge < -0.3 is 0 Å². The molecular weight excluding hydrogens is 114 g/mol. The Balaban J connectivity index is 3.99. The number of hydrogen-bond donors (Lipinski definition) is 0. The van der Waals surface area contributed by atoms with Crippen LogP contribution in [0.3, 0.4) is 0 Å². The monoisotopic (exact) mass is 125 g/mol. The topological polar surface area (TPSA) is 29.4 Å². The summed E-state index contributed by atoms with van der Waals surface area (Å²) in [4.78, 5) is 13.6. The van der Waals surface area contributed by atoms with Gasteiger partial charge in [-0.3, -0.25) is 4.79 Å². The fraction of sp³-hybridized carbons (Fsp3) is 0.571. The van der Waals surface area contributed by atoms with Crippen LogP contribution < -0.4 is 0 Å². The average Bonchev–Trinajstić information content (AvgIpc) is 1.63. The van der Waals surface area contributed by atoms with E-state index in [9.17, 15) is 4.79 Å². The maximum absolute atomic E-state index is 9.71. The molecule has 0 atom stereocenters. The van der Waals surface area contributed by atoms with Gasteiger partial charge in [0, 0.05) is 6.08 Å². The third-order valence-corrected chi connectivity index (χ3v) is 0.543. The van der Waals surface area contributed by atoms with Crippen LogP contribution in [0.25, 0.3) is 0 Å². The summed E-state index contributed by atoms with van der Waals surface area (Å²) in [5.41, 5.74) is -0.125. The first kappa shape index (κ1) is 8.12. The highest BCUT2D eigenvalue weighted by Gasteiger charge is 2.03. The number of rotatable bonds is 1. The third-order valence-electron chi connectivity index (χ3n) is 0.543. The number of hydrogen-bond acceptors (Lipinski definition) is 2. The van der Waals surface area contributed by atoms with Crippen molar-refractivity contribution in [3.05, 3.63) is 6.08 Å². The summed E-state index contributed by atoms with van der Waals surface area (Å²) in [5.74, 6) is 2.51. The third kappa shape index (κ3) is 7.12. The van der Waals surface area contributed by atoms with E-state index >= 15 is 0 Å². The van der Waals surface area contributed by atoms with E-state index in [1.165, 1.54) is 6.08 Å². The van der Waals surface area contributed by atoms with Crippen molar-refractivity contribution in [1.82, 2.24) is 0 Å². The number of allylic oxidation sites excluding steroid dienone is 1. The number of nitrogens with zero attached hydrogens (tertiary/aromatic N) is 1. The van der Waals surface area contributed by atoms with E-state index in [-0.39, 0.29) is 5.54 Å². The van der Waals surface area contributed by atoms with Crippen molar-refractivity contribution in [2.45, 2.75) is 26.3 Å². The molecule has 0 rings (SSSR count). The van der Waals surface area contributed by atoms with E-state index in [2.05, 4.69) is 10.9 Å². The summed E-state index contributed by atoms with van der Waals surface area (Å²) in [6.07, 6.45) is 1.92. The van der Waals surface area contributed by atoms with Crippen LogP contribution in [0.5, 0.6) is 0 Å². The van der Waals surface area contributed by atoms with Crippen LogP contribution in [-0.2, 0) is 4.79 Å². The minimum Gasteiger partial charge on any atom is -0.298 e. The molecule has 0 fully saturated rings. The van der Waals surface area contributed by atoms with Gasteiger partial charge in [0.15, 0.2) is 6.29 Å². The predicted molar refractivity (Wildman–Crippen MR) is 37.8 cm³/mol. The lowest BCUT2D eigenvalue weighted by molar-refractivity contribution is -0.104. The lowest BCUT2D eigenvalue weighted by atomic mass is 10.1.